The molecule has 4 nitrogen and oxygen atoms in total. The molecule has 21 heavy (non-hydrogen) atoms. The second-order valence-corrected chi connectivity index (χ2v) is 6.91. The molecule has 1 heterocycles. The molecule has 0 unspecified atom stereocenters. The molecule has 0 aromatic heterocycles. The number of aliphatic hydroxyl groups is 1. The van der Waals surface area contributed by atoms with E-state index < -0.39 is 5.60 Å². The van der Waals surface area contributed by atoms with Crippen LogP contribution < -0.4 is 10.6 Å². The molecule has 1 aliphatic rings. The zero-order valence-electron chi connectivity index (χ0n) is 12.1. The molecule has 2 amide bonds. The summed E-state index contributed by atoms with van der Waals surface area (Å²) < 4.78 is 0. The third-order valence-electron chi connectivity index (χ3n) is 3.63. The number of benzene rings is 1. The van der Waals surface area contributed by atoms with Gasteiger partial charge in [-0.15, -0.1) is 0 Å². The highest BCUT2D eigenvalue weighted by Crippen LogP contribution is 2.27. The lowest BCUT2D eigenvalue weighted by Crippen LogP contribution is -2.47. The summed E-state index contributed by atoms with van der Waals surface area (Å²) >= 11 is 7.70. The van der Waals surface area contributed by atoms with Crippen molar-refractivity contribution in [2.75, 3.05) is 18.1 Å². The first-order valence-electron chi connectivity index (χ1n) is 7.12. The minimum Gasteiger partial charge on any atom is -0.387 e. The lowest BCUT2D eigenvalue weighted by atomic mass is 10.0. The molecule has 2 rings (SSSR count). The van der Waals surface area contributed by atoms with Crippen molar-refractivity contribution in [3.8, 4) is 0 Å². The Morgan fingerprint density at radius 2 is 2.38 bits per heavy atom. The first-order chi connectivity index (χ1) is 10.0. The standard InChI is InChI=1S/C15H21ClN2O2S/c1-2-13(11-4-3-5-12(16)8-11)18-14(19)17-9-15(20)6-7-21-10-15/h3-5,8,13,20H,2,6-7,9-10H2,1H3,(H2,17,18,19)/t13-,15-/m0/s1. The van der Waals surface area contributed by atoms with Gasteiger partial charge < -0.3 is 15.7 Å². The van der Waals surface area contributed by atoms with Crippen molar-refractivity contribution in [3.05, 3.63) is 34.9 Å². The van der Waals surface area contributed by atoms with Crippen molar-refractivity contribution in [1.82, 2.24) is 10.6 Å². The average Bonchev–Trinajstić information content (AvgIpc) is 2.90. The lowest BCUT2D eigenvalue weighted by molar-refractivity contribution is 0.0698. The summed E-state index contributed by atoms with van der Waals surface area (Å²) in [6.07, 6.45) is 1.50. The maximum Gasteiger partial charge on any atom is 0.315 e. The minimum atomic E-state index is -0.764. The van der Waals surface area contributed by atoms with Crippen LogP contribution in [0.1, 0.15) is 31.4 Å². The van der Waals surface area contributed by atoms with E-state index in [-0.39, 0.29) is 18.6 Å². The number of thioether (sulfide) groups is 1. The molecule has 116 valence electrons. The van der Waals surface area contributed by atoms with Crippen molar-refractivity contribution >= 4 is 29.4 Å². The van der Waals surface area contributed by atoms with Crippen LogP contribution in [0.5, 0.6) is 0 Å². The molecule has 0 aliphatic carbocycles. The van der Waals surface area contributed by atoms with E-state index in [1.54, 1.807) is 11.8 Å². The average molecular weight is 329 g/mol. The molecule has 1 fully saturated rings. The molecule has 0 saturated carbocycles. The zero-order valence-corrected chi connectivity index (χ0v) is 13.6. The van der Waals surface area contributed by atoms with Gasteiger partial charge in [0.15, 0.2) is 0 Å². The first-order valence-corrected chi connectivity index (χ1v) is 8.66. The number of nitrogens with one attached hydrogen (secondary N) is 2. The van der Waals surface area contributed by atoms with Gasteiger partial charge in [0.2, 0.25) is 0 Å². The van der Waals surface area contributed by atoms with E-state index in [1.807, 2.05) is 31.2 Å². The molecular formula is C15H21ClN2O2S. The number of urea groups is 1. The molecule has 6 heteroatoms. The summed E-state index contributed by atoms with van der Waals surface area (Å²) in [6.45, 7) is 2.30. The monoisotopic (exact) mass is 328 g/mol. The van der Waals surface area contributed by atoms with Crippen molar-refractivity contribution in [3.63, 3.8) is 0 Å². The SMILES string of the molecule is CC[C@H](NC(=O)NC[C@@]1(O)CCSC1)c1cccc(Cl)c1. The van der Waals surface area contributed by atoms with Crippen LogP contribution in [0.3, 0.4) is 0 Å². The maximum absolute atomic E-state index is 12.0. The minimum absolute atomic E-state index is 0.0868. The summed E-state index contributed by atoms with van der Waals surface area (Å²) in [5.41, 5.74) is 0.218. The number of carbonyl (C=O) groups excluding carboxylic acids is 1. The summed E-state index contributed by atoms with van der Waals surface area (Å²) in [4.78, 5) is 12.0. The fraction of sp³-hybridized carbons (Fsp3) is 0.533. The summed E-state index contributed by atoms with van der Waals surface area (Å²) in [5.74, 6) is 1.62. The van der Waals surface area contributed by atoms with Gasteiger partial charge >= 0.3 is 6.03 Å². The predicted molar refractivity (Wildman–Crippen MR) is 87.9 cm³/mol. The third-order valence-corrected chi connectivity index (χ3v) is 5.09. The van der Waals surface area contributed by atoms with Gasteiger partial charge in [0, 0.05) is 17.3 Å². The van der Waals surface area contributed by atoms with Crippen LogP contribution in [0.15, 0.2) is 24.3 Å². The topological polar surface area (TPSA) is 61.4 Å². The van der Waals surface area contributed by atoms with E-state index >= 15 is 0 Å². The molecule has 1 saturated heterocycles. The molecule has 1 aromatic rings. The highest BCUT2D eigenvalue weighted by molar-refractivity contribution is 7.99. The van der Waals surface area contributed by atoms with E-state index in [9.17, 15) is 9.90 Å². The second-order valence-electron chi connectivity index (χ2n) is 5.37. The zero-order chi connectivity index (χ0) is 15.3. The molecule has 1 aliphatic heterocycles. The van der Waals surface area contributed by atoms with Crippen molar-refractivity contribution < 1.29 is 9.90 Å². The van der Waals surface area contributed by atoms with Gasteiger partial charge in [-0.05, 0) is 36.3 Å². The number of amides is 2. The molecule has 0 spiro atoms. The van der Waals surface area contributed by atoms with E-state index in [4.69, 9.17) is 11.6 Å². The van der Waals surface area contributed by atoms with E-state index in [1.165, 1.54) is 0 Å². The first kappa shape index (κ1) is 16.5. The van der Waals surface area contributed by atoms with Gasteiger partial charge in [-0.1, -0.05) is 30.7 Å². The predicted octanol–water partition coefficient (Wildman–Crippen LogP) is 2.96. The molecular weight excluding hydrogens is 308 g/mol. The number of halogens is 1. The van der Waals surface area contributed by atoms with Gasteiger partial charge in [0.25, 0.3) is 0 Å². The Labute approximate surface area is 134 Å². The number of hydrogen-bond donors (Lipinski definition) is 3. The fourth-order valence-corrected chi connectivity index (χ4v) is 3.83. The number of carbonyl (C=O) groups is 1. The Morgan fingerprint density at radius 1 is 1.57 bits per heavy atom. The van der Waals surface area contributed by atoms with Crippen LogP contribution >= 0.6 is 23.4 Å². The Bertz CT molecular complexity index is 492. The normalized spacial score (nSPS) is 22.8. The second kappa shape index (κ2) is 7.38. The van der Waals surface area contributed by atoms with Crippen LogP contribution in [0.25, 0.3) is 0 Å². The molecule has 2 atom stereocenters. The Morgan fingerprint density at radius 3 is 3.00 bits per heavy atom. The molecule has 0 radical (unpaired) electrons. The van der Waals surface area contributed by atoms with E-state index in [0.29, 0.717) is 10.8 Å². The third kappa shape index (κ3) is 4.80. The summed E-state index contributed by atoms with van der Waals surface area (Å²) in [5, 5.41) is 16.6. The summed E-state index contributed by atoms with van der Waals surface area (Å²) in [7, 11) is 0. The highest BCUT2D eigenvalue weighted by atomic mass is 35.5. The van der Waals surface area contributed by atoms with Crippen LogP contribution in [0.2, 0.25) is 5.02 Å². The van der Waals surface area contributed by atoms with Crippen molar-refractivity contribution in [2.24, 2.45) is 0 Å². The van der Waals surface area contributed by atoms with Gasteiger partial charge in [0.05, 0.1) is 11.6 Å². The van der Waals surface area contributed by atoms with Crippen LogP contribution in [-0.2, 0) is 0 Å². The van der Waals surface area contributed by atoms with Crippen molar-refractivity contribution in [2.45, 2.75) is 31.4 Å². The van der Waals surface area contributed by atoms with E-state index in [2.05, 4.69) is 10.6 Å². The quantitative estimate of drug-likeness (QED) is 0.778. The van der Waals surface area contributed by atoms with Gasteiger partial charge in [-0.2, -0.15) is 11.8 Å². The number of rotatable bonds is 5. The van der Waals surface area contributed by atoms with Gasteiger partial charge in [0.1, 0.15) is 0 Å². The van der Waals surface area contributed by atoms with Crippen LogP contribution in [0.4, 0.5) is 4.79 Å². The lowest BCUT2D eigenvalue weighted by Gasteiger charge is -2.23. The molecule has 3 N–H and O–H groups in total. The molecule has 0 bridgehead atoms. The molecule has 1 aromatic carbocycles. The highest BCUT2D eigenvalue weighted by Gasteiger charge is 2.32. The van der Waals surface area contributed by atoms with Crippen molar-refractivity contribution in [1.29, 1.82) is 0 Å². The van der Waals surface area contributed by atoms with E-state index in [0.717, 1.165) is 24.2 Å². The van der Waals surface area contributed by atoms with Crippen LogP contribution in [0, 0.1) is 0 Å². The van der Waals surface area contributed by atoms with Gasteiger partial charge in [-0.3, -0.25) is 0 Å². The Kier molecular flexibility index (Phi) is 5.79. The Hall–Kier alpha value is -0.910. The van der Waals surface area contributed by atoms with Crippen LogP contribution in [-0.4, -0.2) is 34.8 Å². The Balaban J connectivity index is 1.88. The smallest absolute Gasteiger partial charge is 0.315 e. The van der Waals surface area contributed by atoms with Gasteiger partial charge in [-0.25, -0.2) is 4.79 Å². The largest absolute Gasteiger partial charge is 0.387 e. The fourth-order valence-electron chi connectivity index (χ4n) is 2.33. The summed E-state index contributed by atoms with van der Waals surface area (Å²) in [6, 6.07) is 7.14. The maximum atomic E-state index is 12.0. The number of hydrogen-bond acceptors (Lipinski definition) is 3.